The van der Waals surface area contributed by atoms with Crippen molar-refractivity contribution in [2.75, 3.05) is 20.3 Å². The first kappa shape index (κ1) is 19.4. The SMILES string of the molecule is COc1ccc(OCC(O)CN(Cc2ccccc2)Cc2cccs2)cc1. The van der Waals surface area contributed by atoms with Crippen LogP contribution in [0.2, 0.25) is 0 Å². The number of benzene rings is 2. The van der Waals surface area contributed by atoms with Crippen molar-refractivity contribution in [3.63, 3.8) is 0 Å². The Labute approximate surface area is 164 Å². The van der Waals surface area contributed by atoms with Crippen molar-refractivity contribution >= 4 is 11.3 Å². The molecule has 0 saturated carbocycles. The highest BCUT2D eigenvalue weighted by molar-refractivity contribution is 7.09. The fraction of sp³-hybridized carbons (Fsp3) is 0.273. The van der Waals surface area contributed by atoms with Gasteiger partial charge in [-0.25, -0.2) is 0 Å². The average molecular weight is 384 g/mol. The van der Waals surface area contributed by atoms with Crippen LogP contribution >= 0.6 is 11.3 Å². The summed E-state index contributed by atoms with van der Waals surface area (Å²) in [5.41, 5.74) is 1.23. The third-order valence-corrected chi connectivity index (χ3v) is 5.04. The van der Waals surface area contributed by atoms with E-state index in [2.05, 4.69) is 34.5 Å². The van der Waals surface area contributed by atoms with Gasteiger partial charge in [-0.1, -0.05) is 36.4 Å². The zero-order valence-electron chi connectivity index (χ0n) is 15.5. The largest absolute Gasteiger partial charge is 0.497 e. The standard InChI is InChI=1S/C22H25NO3S/c1-25-20-9-11-21(12-10-20)26-17-19(24)15-23(16-22-8-5-13-27-22)14-18-6-3-2-4-7-18/h2-13,19,24H,14-17H2,1H3. The Morgan fingerprint density at radius 3 is 2.33 bits per heavy atom. The van der Waals surface area contributed by atoms with Gasteiger partial charge < -0.3 is 14.6 Å². The smallest absolute Gasteiger partial charge is 0.119 e. The summed E-state index contributed by atoms with van der Waals surface area (Å²) in [4.78, 5) is 3.54. The third kappa shape index (κ3) is 6.40. The van der Waals surface area contributed by atoms with E-state index in [0.717, 1.165) is 24.6 Å². The van der Waals surface area contributed by atoms with Crippen LogP contribution in [-0.2, 0) is 13.1 Å². The van der Waals surface area contributed by atoms with E-state index in [1.165, 1.54) is 10.4 Å². The number of nitrogens with zero attached hydrogens (tertiary/aromatic N) is 1. The van der Waals surface area contributed by atoms with E-state index in [9.17, 15) is 5.11 Å². The second-order valence-electron chi connectivity index (χ2n) is 6.37. The number of rotatable bonds is 10. The number of hydrogen-bond acceptors (Lipinski definition) is 5. The van der Waals surface area contributed by atoms with E-state index in [-0.39, 0.29) is 6.61 Å². The summed E-state index contributed by atoms with van der Waals surface area (Å²) < 4.78 is 10.9. The van der Waals surface area contributed by atoms with Crippen molar-refractivity contribution in [1.29, 1.82) is 0 Å². The van der Waals surface area contributed by atoms with Gasteiger partial charge in [0.1, 0.15) is 24.2 Å². The molecule has 0 radical (unpaired) electrons. The van der Waals surface area contributed by atoms with Crippen molar-refractivity contribution in [3.8, 4) is 11.5 Å². The molecule has 0 aliphatic rings. The Hall–Kier alpha value is -2.34. The molecule has 0 aliphatic heterocycles. The van der Waals surface area contributed by atoms with Crippen LogP contribution in [0.15, 0.2) is 72.1 Å². The summed E-state index contributed by atoms with van der Waals surface area (Å²) in [6, 6.07) is 21.9. The molecular weight excluding hydrogens is 358 g/mol. The van der Waals surface area contributed by atoms with E-state index < -0.39 is 6.10 Å². The minimum absolute atomic E-state index is 0.252. The van der Waals surface area contributed by atoms with Gasteiger partial charge in [0.25, 0.3) is 0 Å². The first-order chi connectivity index (χ1) is 13.2. The van der Waals surface area contributed by atoms with E-state index in [1.54, 1.807) is 18.4 Å². The molecule has 0 fully saturated rings. The van der Waals surface area contributed by atoms with Crippen LogP contribution in [0.3, 0.4) is 0 Å². The molecule has 0 amide bonds. The van der Waals surface area contributed by atoms with Crippen LogP contribution in [0.5, 0.6) is 11.5 Å². The van der Waals surface area contributed by atoms with Gasteiger partial charge >= 0.3 is 0 Å². The monoisotopic (exact) mass is 383 g/mol. The zero-order valence-corrected chi connectivity index (χ0v) is 16.3. The number of aliphatic hydroxyl groups excluding tert-OH is 1. The van der Waals surface area contributed by atoms with Gasteiger partial charge in [0.05, 0.1) is 7.11 Å². The maximum atomic E-state index is 10.5. The Morgan fingerprint density at radius 2 is 1.67 bits per heavy atom. The Bertz CT molecular complexity index is 775. The van der Waals surface area contributed by atoms with Gasteiger partial charge in [0.15, 0.2) is 0 Å². The van der Waals surface area contributed by atoms with Crippen molar-refractivity contribution in [1.82, 2.24) is 4.90 Å². The third-order valence-electron chi connectivity index (χ3n) is 4.18. The van der Waals surface area contributed by atoms with Crippen molar-refractivity contribution in [3.05, 3.63) is 82.6 Å². The predicted octanol–water partition coefficient (Wildman–Crippen LogP) is 4.20. The molecule has 0 bridgehead atoms. The maximum Gasteiger partial charge on any atom is 0.119 e. The molecule has 3 rings (SSSR count). The minimum Gasteiger partial charge on any atom is -0.497 e. The fourth-order valence-corrected chi connectivity index (χ4v) is 3.61. The lowest BCUT2D eigenvalue weighted by atomic mass is 10.2. The Kier molecular flexibility index (Phi) is 7.27. The number of ether oxygens (including phenoxy) is 2. The summed E-state index contributed by atoms with van der Waals surface area (Å²) in [7, 11) is 1.63. The van der Waals surface area contributed by atoms with Crippen molar-refractivity contribution < 1.29 is 14.6 Å². The molecule has 27 heavy (non-hydrogen) atoms. The Balaban J connectivity index is 1.56. The highest BCUT2D eigenvalue weighted by Crippen LogP contribution is 2.18. The van der Waals surface area contributed by atoms with E-state index in [4.69, 9.17) is 9.47 Å². The summed E-state index contributed by atoms with van der Waals surface area (Å²) in [6.07, 6.45) is -0.573. The summed E-state index contributed by atoms with van der Waals surface area (Å²) in [6.45, 7) is 2.40. The van der Waals surface area contributed by atoms with Crippen LogP contribution in [0.25, 0.3) is 0 Å². The molecule has 3 aromatic rings. The summed E-state index contributed by atoms with van der Waals surface area (Å²) >= 11 is 1.74. The molecule has 1 atom stereocenters. The number of hydrogen-bond donors (Lipinski definition) is 1. The number of methoxy groups -OCH3 is 1. The van der Waals surface area contributed by atoms with Gasteiger partial charge in [-0.2, -0.15) is 0 Å². The maximum absolute atomic E-state index is 10.5. The van der Waals surface area contributed by atoms with E-state index in [1.807, 2.05) is 42.5 Å². The average Bonchev–Trinajstić information content (AvgIpc) is 3.20. The van der Waals surface area contributed by atoms with Crippen LogP contribution in [0.1, 0.15) is 10.4 Å². The van der Waals surface area contributed by atoms with Crippen molar-refractivity contribution in [2.24, 2.45) is 0 Å². The lowest BCUT2D eigenvalue weighted by Crippen LogP contribution is -2.34. The number of aliphatic hydroxyl groups is 1. The van der Waals surface area contributed by atoms with Crippen LogP contribution in [0, 0.1) is 0 Å². The molecule has 5 heteroatoms. The molecule has 1 aromatic heterocycles. The topological polar surface area (TPSA) is 41.9 Å². The van der Waals surface area contributed by atoms with E-state index in [0.29, 0.717) is 6.54 Å². The van der Waals surface area contributed by atoms with Gasteiger partial charge in [-0.05, 0) is 41.3 Å². The highest BCUT2D eigenvalue weighted by Gasteiger charge is 2.14. The molecule has 1 heterocycles. The van der Waals surface area contributed by atoms with Crippen molar-refractivity contribution in [2.45, 2.75) is 19.2 Å². The highest BCUT2D eigenvalue weighted by atomic mass is 32.1. The fourth-order valence-electron chi connectivity index (χ4n) is 2.86. The molecule has 4 nitrogen and oxygen atoms in total. The molecule has 1 unspecified atom stereocenters. The molecule has 1 N–H and O–H groups in total. The Morgan fingerprint density at radius 1 is 0.926 bits per heavy atom. The van der Waals surface area contributed by atoms with Crippen LogP contribution in [-0.4, -0.2) is 36.4 Å². The quantitative estimate of drug-likeness (QED) is 0.570. The first-order valence-electron chi connectivity index (χ1n) is 8.96. The van der Waals surface area contributed by atoms with Crippen LogP contribution < -0.4 is 9.47 Å². The molecule has 142 valence electrons. The normalized spacial score (nSPS) is 12.1. The molecule has 0 aliphatic carbocycles. The second-order valence-corrected chi connectivity index (χ2v) is 7.41. The molecular formula is C22H25NO3S. The van der Waals surface area contributed by atoms with Gasteiger partial charge in [0.2, 0.25) is 0 Å². The summed E-state index contributed by atoms with van der Waals surface area (Å²) in [5, 5.41) is 12.6. The molecule has 2 aromatic carbocycles. The van der Waals surface area contributed by atoms with Crippen LogP contribution in [0.4, 0.5) is 0 Å². The lowest BCUT2D eigenvalue weighted by Gasteiger charge is -2.25. The number of thiophene rings is 1. The van der Waals surface area contributed by atoms with Gasteiger partial charge in [-0.15, -0.1) is 11.3 Å². The zero-order chi connectivity index (χ0) is 18.9. The molecule has 0 saturated heterocycles. The van der Waals surface area contributed by atoms with Gasteiger partial charge in [0, 0.05) is 24.5 Å². The summed E-state index contributed by atoms with van der Waals surface area (Å²) in [5.74, 6) is 1.51. The second kappa shape index (κ2) is 10.1. The van der Waals surface area contributed by atoms with E-state index >= 15 is 0 Å². The minimum atomic E-state index is -0.573. The first-order valence-corrected chi connectivity index (χ1v) is 9.84. The lowest BCUT2D eigenvalue weighted by molar-refractivity contribution is 0.0632. The molecule has 0 spiro atoms. The predicted molar refractivity (Wildman–Crippen MR) is 109 cm³/mol. The van der Waals surface area contributed by atoms with Gasteiger partial charge in [-0.3, -0.25) is 4.90 Å².